The standard InChI is InChI=1S/C10H8FNOS/c1-6-2-7(4-8(11)3-6)10-12-9(13)5-14-10/h2-4H,5H2,1H3. The molecule has 0 bridgehead atoms. The number of benzene rings is 1. The normalized spacial score (nSPS) is 15.9. The largest absolute Gasteiger partial charge is 0.272 e. The second-order valence-corrected chi connectivity index (χ2v) is 4.08. The Hall–Kier alpha value is -1.16. The van der Waals surface area contributed by atoms with Gasteiger partial charge in [0.15, 0.2) is 0 Å². The number of nitrogens with zero attached hydrogens (tertiary/aromatic N) is 1. The Morgan fingerprint density at radius 3 is 2.79 bits per heavy atom. The van der Waals surface area contributed by atoms with Gasteiger partial charge in [0.05, 0.1) is 5.75 Å². The average Bonchev–Trinajstić information content (AvgIpc) is 2.50. The summed E-state index contributed by atoms with van der Waals surface area (Å²) in [7, 11) is 0. The first kappa shape index (κ1) is 9.40. The molecule has 72 valence electrons. The molecule has 1 heterocycles. The Kier molecular flexibility index (Phi) is 2.37. The first-order valence-electron chi connectivity index (χ1n) is 4.17. The summed E-state index contributed by atoms with van der Waals surface area (Å²) in [4.78, 5) is 14.7. The molecule has 1 aromatic rings. The quantitative estimate of drug-likeness (QED) is 0.709. The van der Waals surface area contributed by atoms with Crippen molar-refractivity contribution >= 4 is 22.7 Å². The average molecular weight is 209 g/mol. The Bertz CT molecular complexity index is 408. The van der Waals surface area contributed by atoms with Crippen molar-refractivity contribution in [2.45, 2.75) is 6.92 Å². The van der Waals surface area contributed by atoms with Crippen molar-refractivity contribution in [2.75, 3.05) is 5.75 Å². The van der Waals surface area contributed by atoms with E-state index in [0.717, 1.165) is 5.56 Å². The molecular weight excluding hydrogens is 201 g/mol. The summed E-state index contributed by atoms with van der Waals surface area (Å²) in [6, 6.07) is 4.68. The number of halogens is 1. The Morgan fingerprint density at radius 1 is 1.43 bits per heavy atom. The smallest absolute Gasteiger partial charge is 0.257 e. The molecule has 1 aliphatic heterocycles. The van der Waals surface area contributed by atoms with Crippen LogP contribution in [0.5, 0.6) is 0 Å². The maximum atomic E-state index is 13.0. The van der Waals surface area contributed by atoms with Gasteiger partial charge in [0.2, 0.25) is 0 Å². The van der Waals surface area contributed by atoms with Gasteiger partial charge < -0.3 is 0 Å². The highest BCUT2D eigenvalue weighted by Crippen LogP contribution is 2.21. The van der Waals surface area contributed by atoms with Gasteiger partial charge in [0, 0.05) is 5.56 Å². The van der Waals surface area contributed by atoms with E-state index in [1.54, 1.807) is 0 Å². The van der Waals surface area contributed by atoms with Crippen LogP contribution in [0.2, 0.25) is 0 Å². The lowest BCUT2D eigenvalue weighted by Crippen LogP contribution is -1.94. The summed E-state index contributed by atoms with van der Waals surface area (Å²) in [5, 5.41) is 0.623. The number of rotatable bonds is 1. The molecular formula is C10H8FNOS. The van der Waals surface area contributed by atoms with Gasteiger partial charge in [-0.25, -0.2) is 9.38 Å². The molecule has 0 N–H and O–H groups in total. The van der Waals surface area contributed by atoms with Crippen LogP contribution in [0.15, 0.2) is 23.2 Å². The molecule has 0 saturated heterocycles. The first-order valence-corrected chi connectivity index (χ1v) is 5.15. The maximum absolute atomic E-state index is 13.0. The van der Waals surface area contributed by atoms with Crippen LogP contribution in [0.3, 0.4) is 0 Å². The topological polar surface area (TPSA) is 29.4 Å². The molecule has 0 atom stereocenters. The van der Waals surface area contributed by atoms with E-state index < -0.39 is 0 Å². The molecule has 1 aliphatic rings. The predicted octanol–water partition coefficient (Wildman–Crippen LogP) is 2.15. The summed E-state index contributed by atoms with van der Waals surface area (Å²) in [5.41, 5.74) is 1.53. The van der Waals surface area contributed by atoms with E-state index in [2.05, 4.69) is 4.99 Å². The van der Waals surface area contributed by atoms with Gasteiger partial charge in [-0.2, -0.15) is 0 Å². The summed E-state index contributed by atoms with van der Waals surface area (Å²) >= 11 is 1.35. The fourth-order valence-corrected chi connectivity index (χ4v) is 2.09. The van der Waals surface area contributed by atoms with Gasteiger partial charge >= 0.3 is 0 Å². The van der Waals surface area contributed by atoms with Crippen LogP contribution in [-0.4, -0.2) is 16.7 Å². The molecule has 1 amide bonds. The van der Waals surface area contributed by atoms with E-state index in [-0.39, 0.29) is 11.7 Å². The van der Waals surface area contributed by atoms with E-state index in [1.165, 1.54) is 23.9 Å². The highest BCUT2D eigenvalue weighted by atomic mass is 32.2. The van der Waals surface area contributed by atoms with Gasteiger partial charge in [0.1, 0.15) is 10.9 Å². The number of carbonyl (C=O) groups excluding carboxylic acids is 1. The molecule has 14 heavy (non-hydrogen) atoms. The van der Waals surface area contributed by atoms with E-state index in [9.17, 15) is 9.18 Å². The van der Waals surface area contributed by atoms with Crippen molar-refractivity contribution < 1.29 is 9.18 Å². The molecule has 2 nitrogen and oxygen atoms in total. The van der Waals surface area contributed by atoms with E-state index in [0.29, 0.717) is 16.4 Å². The zero-order chi connectivity index (χ0) is 10.1. The zero-order valence-electron chi connectivity index (χ0n) is 7.58. The molecule has 2 rings (SSSR count). The Labute approximate surface area is 85.2 Å². The summed E-state index contributed by atoms with van der Waals surface area (Å²) in [6.45, 7) is 1.81. The van der Waals surface area contributed by atoms with Crippen molar-refractivity contribution in [1.29, 1.82) is 0 Å². The van der Waals surface area contributed by atoms with Crippen LogP contribution in [-0.2, 0) is 4.79 Å². The predicted molar refractivity (Wildman–Crippen MR) is 55.1 cm³/mol. The minimum atomic E-state index is -0.289. The summed E-state index contributed by atoms with van der Waals surface area (Å²) < 4.78 is 13.0. The lowest BCUT2D eigenvalue weighted by atomic mass is 10.1. The fraction of sp³-hybridized carbons (Fsp3) is 0.200. The van der Waals surface area contributed by atoms with Crippen LogP contribution in [0, 0.1) is 12.7 Å². The zero-order valence-corrected chi connectivity index (χ0v) is 8.40. The minimum Gasteiger partial charge on any atom is -0.272 e. The van der Waals surface area contributed by atoms with Crippen molar-refractivity contribution in [3.63, 3.8) is 0 Å². The lowest BCUT2D eigenvalue weighted by Gasteiger charge is -2.00. The monoisotopic (exact) mass is 209 g/mol. The second-order valence-electron chi connectivity index (χ2n) is 3.12. The maximum Gasteiger partial charge on any atom is 0.257 e. The summed E-state index contributed by atoms with van der Waals surface area (Å²) in [5.74, 6) is -0.0696. The first-order chi connectivity index (χ1) is 6.65. The number of aliphatic imine (C=N–C) groups is 1. The molecule has 0 unspecified atom stereocenters. The van der Waals surface area contributed by atoms with E-state index >= 15 is 0 Å². The van der Waals surface area contributed by atoms with Gasteiger partial charge in [-0.3, -0.25) is 4.79 Å². The highest BCUT2D eigenvalue weighted by Gasteiger charge is 2.16. The van der Waals surface area contributed by atoms with Crippen LogP contribution < -0.4 is 0 Å². The van der Waals surface area contributed by atoms with Gasteiger partial charge in [-0.15, -0.1) is 0 Å². The number of hydrogen-bond donors (Lipinski definition) is 0. The molecule has 0 spiro atoms. The van der Waals surface area contributed by atoms with Gasteiger partial charge in [-0.1, -0.05) is 11.8 Å². The molecule has 0 radical (unpaired) electrons. The van der Waals surface area contributed by atoms with Gasteiger partial charge in [0.25, 0.3) is 5.91 Å². The van der Waals surface area contributed by atoms with Gasteiger partial charge in [-0.05, 0) is 30.7 Å². The molecule has 1 aromatic carbocycles. The number of hydrogen-bond acceptors (Lipinski definition) is 2. The van der Waals surface area contributed by atoms with Crippen LogP contribution in [0.25, 0.3) is 0 Å². The second kappa shape index (κ2) is 3.53. The SMILES string of the molecule is Cc1cc(F)cc(C2=NC(=O)CS2)c1. The lowest BCUT2D eigenvalue weighted by molar-refractivity contribution is -0.115. The molecule has 0 saturated carbocycles. The molecule has 0 aromatic heterocycles. The van der Waals surface area contributed by atoms with E-state index in [4.69, 9.17) is 0 Å². The minimum absolute atomic E-state index is 0.146. The third-order valence-corrected chi connectivity index (χ3v) is 2.84. The third-order valence-electron chi connectivity index (χ3n) is 1.85. The molecule has 0 fully saturated rings. The Morgan fingerprint density at radius 2 is 2.21 bits per heavy atom. The van der Waals surface area contributed by atoms with Crippen molar-refractivity contribution in [1.82, 2.24) is 0 Å². The summed E-state index contributed by atoms with van der Waals surface area (Å²) in [6.07, 6.45) is 0. The molecule has 4 heteroatoms. The number of aryl methyl sites for hydroxylation is 1. The Balaban J connectivity index is 2.42. The number of carbonyl (C=O) groups is 1. The van der Waals surface area contributed by atoms with Crippen molar-refractivity contribution in [3.05, 3.63) is 35.1 Å². The third kappa shape index (κ3) is 1.85. The molecule has 0 aliphatic carbocycles. The van der Waals surface area contributed by atoms with E-state index in [1.807, 2.05) is 13.0 Å². The number of thioether (sulfide) groups is 1. The fourth-order valence-electron chi connectivity index (χ4n) is 1.32. The number of amides is 1. The highest BCUT2D eigenvalue weighted by molar-refractivity contribution is 8.15. The van der Waals surface area contributed by atoms with Crippen molar-refractivity contribution in [3.8, 4) is 0 Å². The van der Waals surface area contributed by atoms with Crippen LogP contribution in [0.4, 0.5) is 4.39 Å². The van der Waals surface area contributed by atoms with Crippen LogP contribution >= 0.6 is 11.8 Å². The van der Waals surface area contributed by atoms with Crippen molar-refractivity contribution in [2.24, 2.45) is 4.99 Å². The van der Waals surface area contributed by atoms with Crippen LogP contribution in [0.1, 0.15) is 11.1 Å².